The third-order valence-electron chi connectivity index (χ3n) is 4.08. The van der Waals surface area contributed by atoms with Crippen molar-refractivity contribution in [2.75, 3.05) is 4.90 Å². The summed E-state index contributed by atoms with van der Waals surface area (Å²) in [6.07, 6.45) is 1.55. The predicted molar refractivity (Wildman–Crippen MR) is 107 cm³/mol. The summed E-state index contributed by atoms with van der Waals surface area (Å²) in [4.78, 5) is 31.8. The molecule has 136 valence electrons. The Labute approximate surface area is 172 Å². The van der Waals surface area contributed by atoms with Crippen LogP contribution in [-0.2, 0) is 4.79 Å². The highest BCUT2D eigenvalue weighted by atomic mass is 35.5. The predicted octanol–water partition coefficient (Wildman–Crippen LogP) is 5.29. The molecule has 1 aromatic carbocycles. The zero-order valence-electron chi connectivity index (χ0n) is 13.4. The van der Waals surface area contributed by atoms with Crippen molar-refractivity contribution in [3.63, 3.8) is 0 Å². The minimum Gasteiger partial charge on any atom is -0.503 e. The summed E-state index contributed by atoms with van der Waals surface area (Å²) >= 11 is 14.8. The molecule has 0 saturated heterocycles. The fraction of sp³-hybridized carbons (Fsp3) is 0.0556. The zero-order chi connectivity index (χ0) is 19.1. The molecule has 0 unspecified atom stereocenters. The number of nitrogens with zero attached hydrogens (tertiary/aromatic N) is 2. The molecule has 0 aliphatic carbocycles. The number of carbonyl (C=O) groups excluding carboxylic acids is 2. The van der Waals surface area contributed by atoms with Gasteiger partial charge in [0.25, 0.3) is 5.91 Å². The Balaban J connectivity index is 1.92. The zero-order valence-corrected chi connectivity index (χ0v) is 16.6. The summed E-state index contributed by atoms with van der Waals surface area (Å²) < 4.78 is 0. The lowest BCUT2D eigenvalue weighted by molar-refractivity contribution is -0.117. The second kappa shape index (κ2) is 7.09. The second-order valence-corrected chi connectivity index (χ2v) is 8.29. The summed E-state index contributed by atoms with van der Waals surface area (Å²) in [7, 11) is 0. The monoisotopic (exact) mass is 436 g/mol. The van der Waals surface area contributed by atoms with Crippen molar-refractivity contribution >= 4 is 62.7 Å². The quantitative estimate of drug-likeness (QED) is 0.563. The van der Waals surface area contributed by atoms with E-state index in [1.807, 2.05) is 0 Å². The fourth-order valence-corrected chi connectivity index (χ4v) is 4.78. The first-order valence-corrected chi connectivity index (χ1v) is 10.2. The van der Waals surface area contributed by atoms with Gasteiger partial charge < -0.3 is 5.11 Å². The molecule has 4 rings (SSSR count). The maximum atomic E-state index is 13.1. The molecule has 0 radical (unpaired) electrons. The molecule has 0 bridgehead atoms. The van der Waals surface area contributed by atoms with E-state index in [-0.39, 0.29) is 10.6 Å². The summed E-state index contributed by atoms with van der Waals surface area (Å²) in [5.41, 5.74) is 0.454. The van der Waals surface area contributed by atoms with Crippen LogP contribution in [-0.4, -0.2) is 21.8 Å². The minimum absolute atomic E-state index is 0.0260. The van der Waals surface area contributed by atoms with E-state index in [0.717, 1.165) is 0 Å². The lowest BCUT2D eigenvalue weighted by Gasteiger charge is -2.25. The molecule has 27 heavy (non-hydrogen) atoms. The fourth-order valence-electron chi connectivity index (χ4n) is 2.93. The van der Waals surface area contributed by atoms with Crippen LogP contribution in [0.3, 0.4) is 0 Å². The first kappa shape index (κ1) is 18.2. The molecule has 3 aromatic rings. The van der Waals surface area contributed by atoms with Crippen molar-refractivity contribution in [3.8, 4) is 0 Å². The summed E-state index contributed by atoms with van der Waals surface area (Å²) in [5.74, 6) is -1.72. The average Bonchev–Trinajstić information content (AvgIpc) is 3.37. The van der Waals surface area contributed by atoms with Gasteiger partial charge in [0, 0.05) is 21.6 Å². The van der Waals surface area contributed by atoms with Crippen LogP contribution < -0.4 is 4.90 Å². The number of ketones is 1. The number of aromatic nitrogens is 1. The van der Waals surface area contributed by atoms with Gasteiger partial charge in [0.1, 0.15) is 0 Å². The number of Topliss-reactive ketones (excluding diaryl/α,β-unsaturated/α-hetero) is 1. The van der Waals surface area contributed by atoms with E-state index in [2.05, 4.69) is 4.98 Å². The van der Waals surface area contributed by atoms with E-state index in [1.165, 1.54) is 33.6 Å². The molecule has 5 nitrogen and oxygen atoms in total. The Morgan fingerprint density at radius 1 is 1.19 bits per heavy atom. The largest absolute Gasteiger partial charge is 0.503 e. The summed E-state index contributed by atoms with van der Waals surface area (Å²) in [6.45, 7) is 0. The maximum Gasteiger partial charge on any atom is 0.296 e. The van der Waals surface area contributed by atoms with E-state index in [1.54, 1.807) is 41.2 Å². The van der Waals surface area contributed by atoms with Crippen molar-refractivity contribution in [1.82, 2.24) is 4.98 Å². The molecule has 1 aliphatic heterocycles. The number of amides is 1. The van der Waals surface area contributed by atoms with Gasteiger partial charge in [-0.1, -0.05) is 35.3 Å². The lowest BCUT2D eigenvalue weighted by atomic mass is 9.95. The van der Waals surface area contributed by atoms with Crippen LogP contribution in [0.5, 0.6) is 0 Å². The Kier molecular flexibility index (Phi) is 4.77. The molecule has 1 N–H and O–H groups in total. The van der Waals surface area contributed by atoms with Crippen LogP contribution in [0.25, 0.3) is 0 Å². The van der Waals surface area contributed by atoms with E-state index in [4.69, 9.17) is 23.2 Å². The average molecular weight is 437 g/mol. The number of hydrogen-bond donors (Lipinski definition) is 1. The molecule has 1 aliphatic rings. The van der Waals surface area contributed by atoms with Crippen molar-refractivity contribution in [2.24, 2.45) is 0 Å². The number of anilines is 1. The molecule has 1 amide bonds. The summed E-state index contributed by atoms with van der Waals surface area (Å²) in [6, 6.07) is 7.27. The molecule has 3 heterocycles. The van der Waals surface area contributed by atoms with Crippen LogP contribution >= 0.6 is 45.9 Å². The van der Waals surface area contributed by atoms with Gasteiger partial charge in [-0.15, -0.1) is 22.7 Å². The number of hydrogen-bond acceptors (Lipinski definition) is 6. The molecular formula is C18H10Cl2N2O3S2. The molecule has 0 fully saturated rings. The number of carbonyl (C=O) groups is 2. The lowest BCUT2D eigenvalue weighted by Crippen LogP contribution is -2.31. The number of rotatable bonds is 4. The second-order valence-electron chi connectivity index (χ2n) is 5.63. The van der Waals surface area contributed by atoms with Gasteiger partial charge >= 0.3 is 0 Å². The Morgan fingerprint density at radius 3 is 2.63 bits per heavy atom. The SMILES string of the molecule is O=C(C1=C(O)C(=O)N(c2nccs2)[C@@H]1c1ccc(Cl)cc1Cl)c1cccs1. The van der Waals surface area contributed by atoms with Crippen LogP contribution in [0, 0.1) is 0 Å². The minimum atomic E-state index is -0.900. The van der Waals surface area contributed by atoms with E-state index in [9.17, 15) is 14.7 Å². The van der Waals surface area contributed by atoms with Gasteiger partial charge in [-0.25, -0.2) is 4.98 Å². The third kappa shape index (κ3) is 3.06. The number of benzene rings is 1. The first-order valence-electron chi connectivity index (χ1n) is 7.68. The van der Waals surface area contributed by atoms with Crippen molar-refractivity contribution in [3.05, 3.63) is 79.1 Å². The number of thiazole rings is 1. The highest BCUT2D eigenvalue weighted by Crippen LogP contribution is 2.45. The van der Waals surface area contributed by atoms with Gasteiger partial charge in [0.05, 0.1) is 16.5 Å². The number of thiophene rings is 1. The summed E-state index contributed by atoms with van der Waals surface area (Å²) in [5, 5.41) is 15.1. The van der Waals surface area contributed by atoms with Crippen LogP contribution in [0.4, 0.5) is 5.13 Å². The van der Waals surface area contributed by atoms with Gasteiger partial charge in [-0.05, 0) is 29.1 Å². The first-order chi connectivity index (χ1) is 13.0. The van der Waals surface area contributed by atoms with Crippen molar-refractivity contribution in [1.29, 1.82) is 0 Å². The van der Waals surface area contributed by atoms with Gasteiger partial charge in [-0.3, -0.25) is 14.5 Å². The van der Waals surface area contributed by atoms with Crippen LogP contribution in [0.15, 0.2) is 58.6 Å². The Bertz CT molecular complexity index is 1060. The maximum absolute atomic E-state index is 13.1. The Morgan fingerprint density at radius 2 is 2.00 bits per heavy atom. The van der Waals surface area contributed by atoms with Gasteiger partial charge in [-0.2, -0.15) is 0 Å². The third-order valence-corrected chi connectivity index (χ3v) is 6.28. The highest BCUT2D eigenvalue weighted by Gasteiger charge is 2.46. The molecular weight excluding hydrogens is 427 g/mol. The van der Waals surface area contributed by atoms with Gasteiger partial charge in [0.15, 0.2) is 10.9 Å². The molecule has 0 saturated carbocycles. The van der Waals surface area contributed by atoms with E-state index in [0.29, 0.717) is 20.6 Å². The topological polar surface area (TPSA) is 70.5 Å². The van der Waals surface area contributed by atoms with Gasteiger partial charge in [0.2, 0.25) is 5.78 Å². The van der Waals surface area contributed by atoms with Crippen LogP contribution in [0.2, 0.25) is 10.0 Å². The Hall–Kier alpha value is -2.19. The van der Waals surface area contributed by atoms with E-state index >= 15 is 0 Å². The standard InChI is InChI=1S/C18H10Cl2N2O3S2/c19-9-3-4-10(11(20)8-9)14-13(15(23)12-2-1-6-26-12)16(24)17(25)22(14)18-21-5-7-27-18/h1-8,14,24H/t14-/m1/s1. The number of aliphatic hydroxyl groups excluding tert-OH is 1. The smallest absolute Gasteiger partial charge is 0.296 e. The normalized spacial score (nSPS) is 17.0. The van der Waals surface area contributed by atoms with Crippen molar-refractivity contribution < 1.29 is 14.7 Å². The molecule has 2 aromatic heterocycles. The number of halogens is 2. The molecule has 1 atom stereocenters. The van der Waals surface area contributed by atoms with Crippen LogP contribution in [0.1, 0.15) is 21.3 Å². The molecule has 9 heteroatoms. The van der Waals surface area contributed by atoms with Crippen molar-refractivity contribution in [2.45, 2.75) is 6.04 Å². The molecule has 0 spiro atoms. The highest BCUT2D eigenvalue weighted by molar-refractivity contribution is 7.14. The van der Waals surface area contributed by atoms with E-state index < -0.39 is 23.5 Å². The number of aliphatic hydroxyl groups is 1.